The number of aryl methyl sites for hydroxylation is 2. The smallest absolute Gasteiger partial charge is 0.251 e. The van der Waals surface area contributed by atoms with Gasteiger partial charge in [-0.25, -0.2) is 9.38 Å². The fourth-order valence-electron chi connectivity index (χ4n) is 2.26. The minimum Gasteiger partial charge on any atom is -0.357 e. The van der Waals surface area contributed by atoms with Crippen LogP contribution in [-0.2, 0) is 6.54 Å². The molecular weight excluding hydrogens is 478 g/mol. The second kappa shape index (κ2) is 11.9. The number of nitrogens with one attached hydrogen (secondary N) is 3. The molecule has 0 saturated heterocycles. The largest absolute Gasteiger partial charge is 0.357 e. The van der Waals surface area contributed by atoms with E-state index in [9.17, 15) is 9.18 Å². The van der Waals surface area contributed by atoms with E-state index >= 15 is 0 Å². The van der Waals surface area contributed by atoms with E-state index in [1.165, 1.54) is 15.8 Å². The molecule has 3 N–H and O–H groups in total. The molecule has 0 fully saturated rings. The highest BCUT2D eigenvalue weighted by Gasteiger charge is 2.07. The molecule has 0 saturated carbocycles. The number of hydrogen-bond donors (Lipinski definition) is 3. The molecule has 0 aliphatic rings. The van der Waals surface area contributed by atoms with Gasteiger partial charge in [-0.15, -0.1) is 35.3 Å². The second-order valence-electron chi connectivity index (χ2n) is 5.85. The van der Waals surface area contributed by atoms with Crippen molar-refractivity contribution in [3.05, 3.63) is 57.0 Å². The monoisotopic (exact) mass is 504 g/mol. The Hall–Kier alpha value is -1.68. The molecule has 0 spiro atoms. The Balaban J connectivity index is 0.00000364. The van der Waals surface area contributed by atoms with Crippen molar-refractivity contribution in [3.63, 3.8) is 0 Å². The lowest BCUT2D eigenvalue weighted by atomic mass is 10.1. The summed E-state index contributed by atoms with van der Waals surface area (Å²) in [5.41, 5.74) is 0.845. The maximum absolute atomic E-state index is 13.5. The average Bonchev–Trinajstić information content (AvgIpc) is 3.04. The Labute approximate surface area is 180 Å². The lowest BCUT2D eigenvalue weighted by Crippen LogP contribution is -2.41. The van der Waals surface area contributed by atoms with Gasteiger partial charge in [0.25, 0.3) is 5.91 Å². The summed E-state index contributed by atoms with van der Waals surface area (Å²) < 4.78 is 13.5. The molecule has 1 amide bonds. The topological polar surface area (TPSA) is 65.5 Å². The highest BCUT2D eigenvalue weighted by molar-refractivity contribution is 14.0. The third kappa shape index (κ3) is 7.84. The third-order valence-corrected chi connectivity index (χ3v) is 4.66. The van der Waals surface area contributed by atoms with Crippen molar-refractivity contribution < 1.29 is 9.18 Å². The van der Waals surface area contributed by atoms with Crippen LogP contribution in [0.5, 0.6) is 0 Å². The molecule has 1 aromatic carbocycles. The standard InChI is InChI=1S/C19H25FN4OS.HI/c1-4-21-19(24-12-16-8-6-14(3)26-16)23-10-9-22-18(25)15-7-5-13(2)17(20)11-15;/h5-8,11H,4,9-10,12H2,1-3H3,(H,22,25)(H2,21,23,24);1H. The lowest BCUT2D eigenvalue weighted by Gasteiger charge is -2.12. The first kappa shape index (κ1) is 23.4. The van der Waals surface area contributed by atoms with Crippen LogP contribution in [0, 0.1) is 19.7 Å². The van der Waals surface area contributed by atoms with Crippen molar-refractivity contribution in [1.29, 1.82) is 0 Å². The van der Waals surface area contributed by atoms with Crippen LogP contribution in [0.1, 0.15) is 32.6 Å². The molecule has 2 aromatic rings. The number of thiophene rings is 1. The maximum Gasteiger partial charge on any atom is 0.251 e. The minimum atomic E-state index is -0.374. The first-order valence-electron chi connectivity index (χ1n) is 8.61. The van der Waals surface area contributed by atoms with Gasteiger partial charge >= 0.3 is 0 Å². The van der Waals surface area contributed by atoms with E-state index in [0.29, 0.717) is 36.7 Å². The number of carbonyl (C=O) groups excluding carboxylic acids is 1. The summed E-state index contributed by atoms with van der Waals surface area (Å²) >= 11 is 1.73. The van der Waals surface area contributed by atoms with Crippen LogP contribution in [0.4, 0.5) is 4.39 Å². The minimum absolute atomic E-state index is 0. The Morgan fingerprint density at radius 2 is 1.85 bits per heavy atom. The number of hydrogen-bond acceptors (Lipinski definition) is 3. The molecule has 148 valence electrons. The zero-order chi connectivity index (χ0) is 18.9. The molecule has 0 unspecified atom stereocenters. The van der Waals surface area contributed by atoms with E-state index in [1.54, 1.807) is 30.4 Å². The molecule has 1 aromatic heterocycles. The van der Waals surface area contributed by atoms with Gasteiger partial charge < -0.3 is 16.0 Å². The van der Waals surface area contributed by atoms with Crippen LogP contribution < -0.4 is 16.0 Å². The van der Waals surface area contributed by atoms with Gasteiger partial charge in [-0.1, -0.05) is 6.07 Å². The van der Waals surface area contributed by atoms with Gasteiger partial charge in [-0.05, 0) is 50.6 Å². The number of amides is 1. The third-order valence-electron chi connectivity index (χ3n) is 3.67. The highest BCUT2D eigenvalue weighted by Crippen LogP contribution is 2.15. The summed E-state index contributed by atoms with van der Waals surface area (Å²) in [6.07, 6.45) is 0. The number of guanidine groups is 1. The van der Waals surface area contributed by atoms with Crippen LogP contribution >= 0.6 is 35.3 Å². The van der Waals surface area contributed by atoms with Gasteiger partial charge in [0.1, 0.15) is 5.82 Å². The lowest BCUT2D eigenvalue weighted by molar-refractivity contribution is 0.0954. The molecule has 0 aliphatic heterocycles. The summed E-state index contributed by atoms with van der Waals surface area (Å²) in [5, 5.41) is 9.13. The number of rotatable bonds is 7. The molecular formula is C19H26FIN4OS. The zero-order valence-electron chi connectivity index (χ0n) is 15.8. The fourth-order valence-corrected chi connectivity index (χ4v) is 3.08. The molecule has 27 heavy (non-hydrogen) atoms. The number of carbonyl (C=O) groups is 1. The van der Waals surface area contributed by atoms with Gasteiger partial charge in [-0.3, -0.25) is 4.79 Å². The van der Waals surface area contributed by atoms with E-state index in [1.807, 2.05) is 6.92 Å². The van der Waals surface area contributed by atoms with Crippen LogP contribution in [0.15, 0.2) is 35.3 Å². The number of aliphatic imine (C=N–C) groups is 1. The van der Waals surface area contributed by atoms with Gasteiger partial charge in [-0.2, -0.15) is 0 Å². The Morgan fingerprint density at radius 1 is 1.11 bits per heavy atom. The van der Waals surface area contributed by atoms with Crippen molar-refractivity contribution in [2.45, 2.75) is 27.3 Å². The molecule has 2 rings (SSSR count). The molecule has 8 heteroatoms. The summed E-state index contributed by atoms with van der Waals surface area (Å²) in [5.74, 6) is 0.0389. The van der Waals surface area contributed by atoms with Crippen LogP contribution in [-0.4, -0.2) is 31.5 Å². The summed E-state index contributed by atoms with van der Waals surface area (Å²) in [7, 11) is 0. The van der Waals surface area contributed by atoms with Gasteiger partial charge in [0.2, 0.25) is 0 Å². The Kier molecular flexibility index (Phi) is 10.3. The first-order chi connectivity index (χ1) is 12.5. The molecule has 0 atom stereocenters. The van der Waals surface area contributed by atoms with Crippen LogP contribution in [0.2, 0.25) is 0 Å². The van der Waals surface area contributed by atoms with Crippen LogP contribution in [0.25, 0.3) is 0 Å². The molecule has 5 nitrogen and oxygen atoms in total. The SMILES string of the molecule is CCNC(=NCc1ccc(C)s1)NCCNC(=O)c1ccc(C)c(F)c1.I. The van der Waals surface area contributed by atoms with Crippen molar-refractivity contribution in [1.82, 2.24) is 16.0 Å². The summed E-state index contributed by atoms with van der Waals surface area (Å²) in [4.78, 5) is 19.0. The Morgan fingerprint density at radius 3 is 2.48 bits per heavy atom. The zero-order valence-corrected chi connectivity index (χ0v) is 18.9. The number of halogens is 2. The summed E-state index contributed by atoms with van der Waals surface area (Å²) in [6.45, 7) is 8.05. The van der Waals surface area contributed by atoms with E-state index in [4.69, 9.17) is 0 Å². The normalized spacial score (nSPS) is 10.9. The van der Waals surface area contributed by atoms with E-state index in [2.05, 4.69) is 40.0 Å². The van der Waals surface area contributed by atoms with Crippen molar-refractivity contribution in [3.8, 4) is 0 Å². The predicted molar refractivity (Wildman–Crippen MR) is 121 cm³/mol. The Bertz CT molecular complexity index is 779. The van der Waals surface area contributed by atoms with Crippen molar-refractivity contribution >= 4 is 47.2 Å². The van der Waals surface area contributed by atoms with Gasteiger partial charge in [0, 0.05) is 35.0 Å². The van der Waals surface area contributed by atoms with Crippen molar-refractivity contribution in [2.24, 2.45) is 4.99 Å². The van der Waals surface area contributed by atoms with Crippen LogP contribution in [0.3, 0.4) is 0 Å². The average molecular weight is 504 g/mol. The molecule has 0 bridgehead atoms. The van der Waals surface area contributed by atoms with E-state index in [-0.39, 0.29) is 35.7 Å². The molecule has 0 radical (unpaired) electrons. The predicted octanol–water partition coefficient (Wildman–Crippen LogP) is 3.61. The second-order valence-corrected chi connectivity index (χ2v) is 7.23. The van der Waals surface area contributed by atoms with E-state index in [0.717, 1.165) is 6.54 Å². The fraction of sp³-hybridized carbons (Fsp3) is 0.368. The van der Waals surface area contributed by atoms with Crippen molar-refractivity contribution in [2.75, 3.05) is 19.6 Å². The molecule has 0 aliphatic carbocycles. The van der Waals surface area contributed by atoms with Gasteiger partial charge in [0.05, 0.1) is 6.54 Å². The number of benzene rings is 1. The number of nitrogens with zero attached hydrogens (tertiary/aromatic N) is 1. The van der Waals surface area contributed by atoms with E-state index < -0.39 is 0 Å². The van der Waals surface area contributed by atoms with Gasteiger partial charge in [0.15, 0.2) is 5.96 Å². The highest BCUT2D eigenvalue weighted by atomic mass is 127. The first-order valence-corrected chi connectivity index (χ1v) is 9.43. The quantitative estimate of drug-likeness (QED) is 0.234. The summed E-state index contributed by atoms with van der Waals surface area (Å²) in [6, 6.07) is 8.64. The molecule has 1 heterocycles. The maximum atomic E-state index is 13.5.